The van der Waals surface area contributed by atoms with Crippen molar-refractivity contribution >= 4 is 23.6 Å². The number of carbonyl (C=O) groups excluding carboxylic acids is 2. The molecule has 1 aliphatic heterocycles. The van der Waals surface area contributed by atoms with Crippen LogP contribution in [-0.2, 0) is 9.59 Å². The monoisotopic (exact) mass is 201 g/mol. The maximum absolute atomic E-state index is 11.5. The second-order valence-electron chi connectivity index (χ2n) is 3.37. The van der Waals surface area contributed by atoms with Crippen LogP contribution < -0.4 is 5.01 Å². The van der Waals surface area contributed by atoms with Gasteiger partial charge in [-0.05, 0) is 31.2 Å². The lowest BCUT2D eigenvalue weighted by atomic mass is 10.2. The number of anilines is 1. The number of hydrazone groups is 1. The van der Waals surface area contributed by atoms with E-state index in [1.807, 2.05) is 6.92 Å². The van der Waals surface area contributed by atoms with E-state index < -0.39 is 0 Å². The van der Waals surface area contributed by atoms with Crippen LogP contribution in [-0.4, -0.2) is 17.9 Å². The molecule has 0 saturated carbocycles. The maximum Gasteiger partial charge on any atom is 0.253 e. The standard InChI is InChI=1S/C11H9N2O2/c1-8-6-11(15)13(12-8)10-4-2-9(7-14)3-5-10/h2-5H,6H2,1H3. The van der Waals surface area contributed by atoms with Crippen LogP contribution in [0.1, 0.15) is 18.9 Å². The van der Waals surface area contributed by atoms with Crippen molar-refractivity contribution in [3.05, 3.63) is 29.8 Å². The van der Waals surface area contributed by atoms with Gasteiger partial charge in [0.15, 0.2) is 0 Å². The highest BCUT2D eigenvalue weighted by molar-refractivity contribution is 6.12. The molecule has 75 valence electrons. The van der Waals surface area contributed by atoms with E-state index in [0.29, 0.717) is 17.7 Å². The lowest BCUT2D eigenvalue weighted by Crippen LogP contribution is -2.19. The molecule has 15 heavy (non-hydrogen) atoms. The summed E-state index contributed by atoms with van der Waals surface area (Å²) in [6, 6.07) is 6.58. The molecule has 4 heteroatoms. The van der Waals surface area contributed by atoms with Crippen molar-refractivity contribution in [3.63, 3.8) is 0 Å². The van der Waals surface area contributed by atoms with Crippen molar-refractivity contribution < 1.29 is 9.59 Å². The predicted octanol–water partition coefficient (Wildman–Crippen LogP) is 1.26. The van der Waals surface area contributed by atoms with Gasteiger partial charge in [-0.25, -0.2) is 5.01 Å². The van der Waals surface area contributed by atoms with Crippen LogP contribution in [0.4, 0.5) is 5.69 Å². The molecule has 1 amide bonds. The van der Waals surface area contributed by atoms with Gasteiger partial charge in [-0.1, -0.05) is 0 Å². The minimum absolute atomic E-state index is 0.0460. The van der Waals surface area contributed by atoms with Crippen LogP contribution in [0.25, 0.3) is 0 Å². The van der Waals surface area contributed by atoms with Crippen LogP contribution >= 0.6 is 0 Å². The Morgan fingerprint density at radius 3 is 2.47 bits per heavy atom. The minimum atomic E-state index is -0.0460. The van der Waals surface area contributed by atoms with Crippen LogP contribution in [0, 0.1) is 0 Å². The summed E-state index contributed by atoms with van der Waals surface area (Å²) in [4.78, 5) is 21.8. The molecule has 0 bridgehead atoms. The van der Waals surface area contributed by atoms with Crippen molar-refractivity contribution in [2.24, 2.45) is 5.10 Å². The van der Waals surface area contributed by atoms with Gasteiger partial charge >= 0.3 is 0 Å². The molecule has 1 aliphatic rings. The zero-order valence-electron chi connectivity index (χ0n) is 8.23. The van der Waals surface area contributed by atoms with Crippen LogP contribution in [0.5, 0.6) is 0 Å². The number of amides is 1. The fourth-order valence-electron chi connectivity index (χ4n) is 1.43. The molecule has 1 radical (unpaired) electrons. The Kier molecular flexibility index (Phi) is 2.33. The summed E-state index contributed by atoms with van der Waals surface area (Å²) in [5.41, 5.74) is 1.94. The summed E-state index contributed by atoms with van der Waals surface area (Å²) in [7, 11) is 0. The maximum atomic E-state index is 11.5. The first-order valence-electron chi connectivity index (χ1n) is 4.56. The molecular formula is C11H9N2O2. The van der Waals surface area contributed by atoms with Gasteiger partial charge in [0.25, 0.3) is 5.91 Å². The Morgan fingerprint density at radius 2 is 2.00 bits per heavy atom. The molecule has 0 saturated heterocycles. The molecule has 4 nitrogen and oxygen atoms in total. The fourth-order valence-corrected chi connectivity index (χ4v) is 1.43. The Balaban J connectivity index is 2.30. The van der Waals surface area contributed by atoms with Crippen molar-refractivity contribution in [1.82, 2.24) is 0 Å². The van der Waals surface area contributed by atoms with Gasteiger partial charge in [-0.2, -0.15) is 5.10 Å². The largest absolute Gasteiger partial charge is 0.285 e. The molecule has 2 rings (SSSR count). The summed E-state index contributed by atoms with van der Waals surface area (Å²) in [5.74, 6) is -0.0460. The van der Waals surface area contributed by atoms with E-state index in [0.717, 1.165) is 5.71 Å². The van der Waals surface area contributed by atoms with E-state index in [1.165, 1.54) is 5.01 Å². The van der Waals surface area contributed by atoms with Gasteiger partial charge in [0.05, 0.1) is 12.1 Å². The first-order valence-corrected chi connectivity index (χ1v) is 4.56. The van der Waals surface area contributed by atoms with Crippen molar-refractivity contribution in [3.8, 4) is 0 Å². The zero-order chi connectivity index (χ0) is 10.8. The first kappa shape index (κ1) is 9.58. The van der Waals surface area contributed by atoms with E-state index in [1.54, 1.807) is 30.6 Å². The number of nitrogens with zero attached hydrogens (tertiary/aromatic N) is 2. The molecule has 0 aliphatic carbocycles. The third kappa shape index (κ3) is 1.79. The van der Waals surface area contributed by atoms with E-state index >= 15 is 0 Å². The smallest absolute Gasteiger partial charge is 0.253 e. The molecular weight excluding hydrogens is 192 g/mol. The van der Waals surface area contributed by atoms with Crippen molar-refractivity contribution in [2.45, 2.75) is 13.3 Å². The quantitative estimate of drug-likeness (QED) is 0.723. The fraction of sp³-hybridized carbons (Fsp3) is 0.182. The van der Waals surface area contributed by atoms with Crippen molar-refractivity contribution in [1.29, 1.82) is 0 Å². The first-order chi connectivity index (χ1) is 7.20. The molecule has 1 aromatic carbocycles. The second kappa shape index (κ2) is 3.65. The Morgan fingerprint density at radius 1 is 1.33 bits per heavy atom. The van der Waals surface area contributed by atoms with Gasteiger partial charge in [0, 0.05) is 11.3 Å². The molecule has 0 unspecified atom stereocenters. The molecule has 0 fully saturated rings. The summed E-state index contributed by atoms with van der Waals surface area (Å²) in [5, 5.41) is 5.45. The van der Waals surface area contributed by atoms with E-state index in [4.69, 9.17) is 0 Å². The van der Waals surface area contributed by atoms with Gasteiger partial charge < -0.3 is 0 Å². The molecule has 1 heterocycles. The van der Waals surface area contributed by atoms with Gasteiger partial charge in [-0.3, -0.25) is 9.59 Å². The molecule has 0 atom stereocenters. The average Bonchev–Trinajstić information content (AvgIpc) is 2.58. The Labute approximate surface area is 87.2 Å². The Bertz CT molecular complexity index is 434. The highest BCUT2D eigenvalue weighted by Gasteiger charge is 2.22. The average molecular weight is 201 g/mol. The normalized spacial score (nSPS) is 15.4. The predicted molar refractivity (Wildman–Crippen MR) is 56.4 cm³/mol. The van der Waals surface area contributed by atoms with E-state index in [9.17, 15) is 9.59 Å². The highest BCUT2D eigenvalue weighted by Crippen LogP contribution is 2.20. The second-order valence-corrected chi connectivity index (χ2v) is 3.37. The van der Waals surface area contributed by atoms with Gasteiger partial charge in [0.2, 0.25) is 6.29 Å². The molecule has 0 N–H and O–H groups in total. The van der Waals surface area contributed by atoms with Crippen LogP contribution in [0.15, 0.2) is 29.4 Å². The lowest BCUT2D eigenvalue weighted by Gasteiger charge is -2.11. The van der Waals surface area contributed by atoms with Gasteiger partial charge in [0.1, 0.15) is 0 Å². The SMILES string of the molecule is CC1=NN(c2ccc([C]=O)cc2)C(=O)C1. The summed E-state index contributed by atoms with van der Waals surface area (Å²) >= 11 is 0. The third-order valence-corrected chi connectivity index (χ3v) is 2.14. The highest BCUT2D eigenvalue weighted by atomic mass is 16.2. The van der Waals surface area contributed by atoms with Crippen molar-refractivity contribution in [2.75, 3.05) is 5.01 Å². The van der Waals surface area contributed by atoms with Gasteiger partial charge in [-0.15, -0.1) is 0 Å². The topological polar surface area (TPSA) is 49.7 Å². The number of hydrogen-bond donors (Lipinski definition) is 0. The number of hydrogen-bond acceptors (Lipinski definition) is 3. The number of carbonyl (C=O) groups is 1. The lowest BCUT2D eigenvalue weighted by molar-refractivity contribution is -0.116. The molecule has 0 spiro atoms. The zero-order valence-corrected chi connectivity index (χ0v) is 8.23. The number of rotatable bonds is 2. The Hall–Kier alpha value is -1.97. The number of benzene rings is 1. The summed E-state index contributed by atoms with van der Waals surface area (Å²) < 4.78 is 0. The van der Waals surface area contributed by atoms with E-state index in [2.05, 4.69) is 5.10 Å². The van der Waals surface area contributed by atoms with Crippen LogP contribution in [0.2, 0.25) is 0 Å². The minimum Gasteiger partial charge on any atom is -0.285 e. The summed E-state index contributed by atoms with van der Waals surface area (Å²) in [6.45, 7) is 1.81. The third-order valence-electron chi connectivity index (χ3n) is 2.14. The summed E-state index contributed by atoms with van der Waals surface area (Å²) in [6.07, 6.45) is 2.14. The molecule has 0 aromatic heterocycles. The van der Waals surface area contributed by atoms with Crippen LogP contribution in [0.3, 0.4) is 0 Å². The molecule has 1 aromatic rings. The van der Waals surface area contributed by atoms with E-state index in [-0.39, 0.29) is 5.91 Å².